The highest BCUT2D eigenvalue weighted by atomic mass is 15.1. The van der Waals surface area contributed by atoms with Gasteiger partial charge in [0.25, 0.3) is 0 Å². The quantitative estimate of drug-likeness (QED) is 0.247. The van der Waals surface area contributed by atoms with Gasteiger partial charge in [-0.3, -0.25) is 0 Å². The lowest BCUT2D eigenvalue weighted by molar-refractivity contribution is 1.30. The predicted octanol–water partition coefficient (Wildman–Crippen LogP) is 9.95. The molecule has 0 bridgehead atoms. The van der Waals surface area contributed by atoms with Gasteiger partial charge in [-0.15, -0.1) is 0 Å². The molecule has 0 aliphatic heterocycles. The molecule has 0 saturated carbocycles. The summed E-state index contributed by atoms with van der Waals surface area (Å²) in [6, 6.07) is 52.1. The number of aryl methyl sites for hydroxylation is 1. The van der Waals surface area contributed by atoms with Crippen LogP contribution < -0.4 is 4.90 Å². The molecule has 0 radical (unpaired) electrons. The summed E-state index contributed by atoms with van der Waals surface area (Å²) in [6.45, 7) is 2.12. The molecule has 172 valence electrons. The Bertz CT molecular complexity index is 1590. The zero-order valence-corrected chi connectivity index (χ0v) is 20.3. The van der Waals surface area contributed by atoms with Crippen LogP contribution >= 0.6 is 0 Å². The molecule has 36 heavy (non-hydrogen) atoms. The van der Waals surface area contributed by atoms with Crippen molar-refractivity contribution in [2.24, 2.45) is 0 Å². The Kier molecular flexibility index (Phi) is 5.81. The molecule has 0 saturated heterocycles. The van der Waals surface area contributed by atoms with E-state index >= 15 is 0 Å². The first kappa shape index (κ1) is 21.9. The van der Waals surface area contributed by atoms with Crippen molar-refractivity contribution in [3.8, 4) is 22.3 Å². The second-order valence-corrected chi connectivity index (χ2v) is 9.16. The first-order valence-corrected chi connectivity index (χ1v) is 12.4. The number of hydrogen-bond acceptors (Lipinski definition) is 1. The number of fused-ring (bicyclic) bond motifs is 1. The Morgan fingerprint density at radius 1 is 0.389 bits per heavy atom. The molecule has 0 aliphatic rings. The van der Waals surface area contributed by atoms with E-state index in [9.17, 15) is 0 Å². The SMILES string of the molecule is Cc1ccc(-c2ccc(N(c3ccc(-c4ccccc4)cc3)c3cccc4ccccc34)cc2)cc1. The molecule has 0 spiro atoms. The van der Waals surface area contributed by atoms with Crippen LogP contribution in [-0.4, -0.2) is 0 Å². The average molecular weight is 462 g/mol. The monoisotopic (exact) mass is 461 g/mol. The van der Waals surface area contributed by atoms with Crippen molar-refractivity contribution in [3.63, 3.8) is 0 Å². The molecular weight excluding hydrogens is 434 g/mol. The van der Waals surface area contributed by atoms with Crippen molar-refractivity contribution in [2.45, 2.75) is 6.92 Å². The molecule has 6 aromatic rings. The number of benzene rings is 6. The molecule has 0 amide bonds. The van der Waals surface area contributed by atoms with Crippen LogP contribution in [0, 0.1) is 6.92 Å². The molecule has 0 heterocycles. The van der Waals surface area contributed by atoms with Gasteiger partial charge in [0, 0.05) is 16.8 Å². The van der Waals surface area contributed by atoms with Crippen molar-refractivity contribution < 1.29 is 0 Å². The molecule has 0 aliphatic carbocycles. The summed E-state index contributed by atoms with van der Waals surface area (Å²) < 4.78 is 0. The fraction of sp³-hybridized carbons (Fsp3) is 0.0286. The number of hydrogen-bond donors (Lipinski definition) is 0. The normalized spacial score (nSPS) is 10.9. The second kappa shape index (κ2) is 9.56. The van der Waals surface area contributed by atoms with E-state index in [0.29, 0.717) is 0 Å². The minimum Gasteiger partial charge on any atom is -0.310 e. The van der Waals surface area contributed by atoms with E-state index in [2.05, 4.69) is 157 Å². The topological polar surface area (TPSA) is 3.24 Å². The van der Waals surface area contributed by atoms with Gasteiger partial charge in [-0.1, -0.05) is 121 Å². The van der Waals surface area contributed by atoms with E-state index < -0.39 is 0 Å². The van der Waals surface area contributed by atoms with Gasteiger partial charge in [0.1, 0.15) is 0 Å². The maximum Gasteiger partial charge on any atom is 0.0540 e. The standard InChI is InChI=1S/C35H27N/c1-26-14-16-28(17-15-26)30-20-24-33(25-21-30)36(35-13-7-11-31-10-5-6-12-34(31)35)32-22-18-29(19-23-32)27-8-3-2-4-9-27/h2-25H,1H3. The molecule has 0 aromatic heterocycles. The minimum atomic E-state index is 1.13. The van der Waals surface area contributed by atoms with Crippen LogP contribution in [0.2, 0.25) is 0 Å². The lowest BCUT2D eigenvalue weighted by Gasteiger charge is -2.27. The van der Waals surface area contributed by atoms with Gasteiger partial charge in [-0.2, -0.15) is 0 Å². The van der Waals surface area contributed by atoms with Crippen molar-refractivity contribution in [1.82, 2.24) is 0 Å². The third kappa shape index (κ3) is 4.28. The van der Waals surface area contributed by atoms with E-state index in [1.165, 1.54) is 44.3 Å². The van der Waals surface area contributed by atoms with E-state index in [1.807, 2.05) is 0 Å². The zero-order valence-electron chi connectivity index (χ0n) is 20.3. The smallest absolute Gasteiger partial charge is 0.0540 e. The van der Waals surface area contributed by atoms with Crippen LogP contribution in [-0.2, 0) is 0 Å². The lowest BCUT2D eigenvalue weighted by atomic mass is 10.0. The zero-order chi connectivity index (χ0) is 24.3. The second-order valence-electron chi connectivity index (χ2n) is 9.16. The van der Waals surface area contributed by atoms with Gasteiger partial charge < -0.3 is 4.90 Å². The molecule has 1 heteroatoms. The summed E-state index contributed by atoms with van der Waals surface area (Å²) in [7, 11) is 0. The van der Waals surface area contributed by atoms with Crippen LogP contribution in [0.4, 0.5) is 17.1 Å². The molecule has 0 fully saturated rings. The van der Waals surface area contributed by atoms with Gasteiger partial charge in [-0.25, -0.2) is 0 Å². The van der Waals surface area contributed by atoms with Gasteiger partial charge >= 0.3 is 0 Å². The maximum absolute atomic E-state index is 2.36. The van der Waals surface area contributed by atoms with E-state index in [1.54, 1.807) is 0 Å². The molecule has 6 aromatic carbocycles. The summed E-state index contributed by atoms with van der Waals surface area (Å²) in [5.74, 6) is 0. The van der Waals surface area contributed by atoms with E-state index in [4.69, 9.17) is 0 Å². The molecule has 6 rings (SSSR count). The van der Waals surface area contributed by atoms with E-state index in [0.717, 1.165) is 11.4 Å². The van der Waals surface area contributed by atoms with E-state index in [-0.39, 0.29) is 0 Å². The maximum atomic E-state index is 2.36. The van der Waals surface area contributed by atoms with Gasteiger partial charge in [0.05, 0.1) is 5.69 Å². The highest BCUT2D eigenvalue weighted by molar-refractivity contribution is 5.99. The summed E-state index contributed by atoms with van der Waals surface area (Å²) in [6.07, 6.45) is 0. The van der Waals surface area contributed by atoms with Gasteiger partial charge in [0.15, 0.2) is 0 Å². The Morgan fingerprint density at radius 2 is 0.861 bits per heavy atom. The summed E-state index contributed by atoms with van der Waals surface area (Å²) >= 11 is 0. The lowest BCUT2D eigenvalue weighted by Crippen LogP contribution is -2.10. The number of nitrogens with zero attached hydrogens (tertiary/aromatic N) is 1. The number of rotatable bonds is 5. The van der Waals surface area contributed by atoms with Crippen molar-refractivity contribution in [3.05, 3.63) is 151 Å². The first-order chi connectivity index (χ1) is 17.8. The van der Waals surface area contributed by atoms with Crippen LogP contribution in [0.5, 0.6) is 0 Å². The Labute approximate surface area is 212 Å². The average Bonchev–Trinajstić information content (AvgIpc) is 2.95. The molecule has 0 atom stereocenters. The minimum absolute atomic E-state index is 1.13. The Hall–Kier alpha value is -4.62. The largest absolute Gasteiger partial charge is 0.310 e. The van der Waals surface area contributed by atoms with Crippen LogP contribution in [0.25, 0.3) is 33.0 Å². The highest BCUT2D eigenvalue weighted by Gasteiger charge is 2.15. The van der Waals surface area contributed by atoms with Crippen LogP contribution in [0.15, 0.2) is 146 Å². The molecule has 1 nitrogen and oxygen atoms in total. The third-order valence-electron chi connectivity index (χ3n) is 6.75. The van der Waals surface area contributed by atoms with Gasteiger partial charge in [-0.05, 0) is 64.9 Å². The molecule has 0 N–H and O–H groups in total. The van der Waals surface area contributed by atoms with Crippen LogP contribution in [0.3, 0.4) is 0 Å². The van der Waals surface area contributed by atoms with Crippen molar-refractivity contribution >= 4 is 27.8 Å². The summed E-state index contributed by atoms with van der Waals surface area (Å²) in [5.41, 5.74) is 9.60. The molecular formula is C35H27N. The Morgan fingerprint density at radius 3 is 1.47 bits per heavy atom. The highest BCUT2D eigenvalue weighted by Crippen LogP contribution is 2.40. The first-order valence-electron chi connectivity index (χ1n) is 12.4. The summed E-state index contributed by atoms with van der Waals surface area (Å²) in [5, 5.41) is 2.46. The van der Waals surface area contributed by atoms with Crippen molar-refractivity contribution in [2.75, 3.05) is 4.90 Å². The Balaban J connectivity index is 1.46. The van der Waals surface area contributed by atoms with Crippen molar-refractivity contribution in [1.29, 1.82) is 0 Å². The predicted molar refractivity (Wildman–Crippen MR) is 154 cm³/mol. The fourth-order valence-electron chi connectivity index (χ4n) is 4.81. The molecule has 0 unspecified atom stereocenters. The third-order valence-corrected chi connectivity index (χ3v) is 6.75. The number of anilines is 3. The van der Waals surface area contributed by atoms with Crippen LogP contribution in [0.1, 0.15) is 5.56 Å². The summed E-state index contributed by atoms with van der Waals surface area (Å²) in [4.78, 5) is 2.36. The fourth-order valence-corrected chi connectivity index (χ4v) is 4.81. The van der Waals surface area contributed by atoms with Gasteiger partial charge in [0.2, 0.25) is 0 Å².